The SMILES string of the molecule is CCCCOC(=O)NC1CCN(C(=O)[C@@H](N)CCC(=O)OC(C)(C)C)CC1. The fourth-order valence-corrected chi connectivity index (χ4v) is 2.79. The van der Waals surface area contributed by atoms with Crippen LogP contribution >= 0.6 is 0 Å². The zero-order chi connectivity index (χ0) is 20.4. The van der Waals surface area contributed by atoms with Gasteiger partial charge in [-0.15, -0.1) is 0 Å². The van der Waals surface area contributed by atoms with E-state index >= 15 is 0 Å². The molecule has 1 heterocycles. The van der Waals surface area contributed by atoms with E-state index in [9.17, 15) is 14.4 Å². The number of rotatable bonds is 8. The van der Waals surface area contributed by atoms with Crippen LogP contribution in [0.2, 0.25) is 0 Å². The van der Waals surface area contributed by atoms with Gasteiger partial charge < -0.3 is 25.4 Å². The number of hydrogen-bond acceptors (Lipinski definition) is 6. The van der Waals surface area contributed by atoms with E-state index in [1.165, 1.54) is 0 Å². The summed E-state index contributed by atoms with van der Waals surface area (Å²) in [7, 11) is 0. The van der Waals surface area contributed by atoms with Gasteiger partial charge in [-0.1, -0.05) is 13.3 Å². The Balaban J connectivity index is 2.29. The Kier molecular flexibility index (Phi) is 9.55. The highest BCUT2D eigenvalue weighted by Crippen LogP contribution is 2.14. The first-order chi connectivity index (χ1) is 12.6. The molecule has 8 nitrogen and oxygen atoms in total. The molecule has 0 bridgehead atoms. The third kappa shape index (κ3) is 9.60. The first-order valence-electron chi connectivity index (χ1n) is 9.82. The summed E-state index contributed by atoms with van der Waals surface area (Å²) in [6.45, 7) is 8.91. The number of likely N-dealkylation sites (tertiary alicyclic amines) is 1. The van der Waals surface area contributed by atoms with Gasteiger partial charge in [0.2, 0.25) is 5.91 Å². The molecule has 27 heavy (non-hydrogen) atoms. The summed E-state index contributed by atoms with van der Waals surface area (Å²) in [5.74, 6) is -0.516. The van der Waals surface area contributed by atoms with Crippen LogP contribution < -0.4 is 11.1 Å². The summed E-state index contributed by atoms with van der Waals surface area (Å²) in [6, 6.07) is -0.720. The Morgan fingerprint density at radius 3 is 2.41 bits per heavy atom. The predicted octanol–water partition coefficient (Wildman–Crippen LogP) is 1.95. The van der Waals surface area contributed by atoms with Gasteiger partial charge >= 0.3 is 12.1 Å². The highest BCUT2D eigenvalue weighted by molar-refractivity contribution is 5.82. The molecule has 0 aromatic heterocycles. The molecular weight excluding hydrogens is 350 g/mol. The second kappa shape index (κ2) is 11.1. The fraction of sp³-hybridized carbons (Fsp3) is 0.842. The minimum absolute atomic E-state index is 0.00108. The number of amides is 2. The van der Waals surface area contributed by atoms with Crippen LogP contribution in [-0.2, 0) is 19.1 Å². The number of piperidine rings is 1. The van der Waals surface area contributed by atoms with Crippen molar-refractivity contribution < 1.29 is 23.9 Å². The molecule has 0 unspecified atom stereocenters. The van der Waals surface area contributed by atoms with Crippen LogP contribution in [0.25, 0.3) is 0 Å². The van der Waals surface area contributed by atoms with E-state index in [0.29, 0.717) is 32.5 Å². The molecule has 0 aromatic carbocycles. The maximum atomic E-state index is 12.4. The second-order valence-electron chi connectivity index (χ2n) is 7.96. The average molecular weight is 386 g/mol. The van der Waals surface area contributed by atoms with Gasteiger partial charge in [0, 0.05) is 25.6 Å². The van der Waals surface area contributed by atoms with Gasteiger partial charge in [-0.2, -0.15) is 0 Å². The number of esters is 1. The van der Waals surface area contributed by atoms with Crippen LogP contribution in [0, 0.1) is 0 Å². The van der Waals surface area contributed by atoms with Gasteiger partial charge in [-0.25, -0.2) is 4.79 Å². The molecule has 1 atom stereocenters. The number of nitrogens with one attached hydrogen (secondary N) is 1. The molecule has 0 aliphatic carbocycles. The molecule has 3 N–H and O–H groups in total. The summed E-state index contributed by atoms with van der Waals surface area (Å²) in [6.07, 6.45) is 3.12. The van der Waals surface area contributed by atoms with Gasteiger partial charge in [0.15, 0.2) is 0 Å². The standard InChI is InChI=1S/C19H35N3O5/c1-5-6-13-26-18(25)21-14-9-11-22(12-10-14)17(24)15(20)7-8-16(23)27-19(2,3)4/h14-15H,5-13,20H2,1-4H3,(H,21,25)/t15-/m0/s1. The number of nitrogens with zero attached hydrogens (tertiary/aromatic N) is 1. The van der Waals surface area contributed by atoms with Crippen molar-refractivity contribution in [2.24, 2.45) is 5.73 Å². The van der Waals surface area contributed by atoms with Crippen LogP contribution in [0.4, 0.5) is 4.79 Å². The van der Waals surface area contributed by atoms with E-state index in [0.717, 1.165) is 12.8 Å². The molecule has 0 radical (unpaired) electrons. The van der Waals surface area contributed by atoms with E-state index in [2.05, 4.69) is 5.32 Å². The van der Waals surface area contributed by atoms with E-state index in [-0.39, 0.29) is 30.8 Å². The van der Waals surface area contributed by atoms with Crippen LogP contribution in [0.1, 0.15) is 66.2 Å². The third-order valence-electron chi connectivity index (χ3n) is 4.26. The van der Waals surface area contributed by atoms with Gasteiger partial charge in [-0.05, 0) is 46.5 Å². The summed E-state index contributed by atoms with van der Waals surface area (Å²) in [5.41, 5.74) is 5.41. The summed E-state index contributed by atoms with van der Waals surface area (Å²) in [4.78, 5) is 37.6. The number of nitrogens with two attached hydrogens (primary N) is 1. The maximum Gasteiger partial charge on any atom is 0.407 e. The quantitative estimate of drug-likeness (QED) is 0.488. The van der Waals surface area contributed by atoms with E-state index in [1.807, 2.05) is 6.92 Å². The van der Waals surface area contributed by atoms with Crippen LogP contribution in [-0.4, -0.2) is 60.3 Å². The number of carbonyl (C=O) groups is 3. The minimum Gasteiger partial charge on any atom is -0.460 e. The highest BCUT2D eigenvalue weighted by atomic mass is 16.6. The summed E-state index contributed by atoms with van der Waals surface area (Å²) >= 11 is 0. The van der Waals surface area contributed by atoms with Crippen LogP contribution in [0.5, 0.6) is 0 Å². The number of alkyl carbamates (subject to hydrolysis) is 1. The van der Waals surface area contributed by atoms with Crippen molar-refractivity contribution >= 4 is 18.0 Å². The molecule has 0 spiro atoms. The predicted molar refractivity (Wildman–Crippen MR) is 102 cm³/mol. The number of ether oxygens (including phenoxy) is 2. The molecule has 1 aliphatic heterocycles. The van der Waals surface area contributed by atoms with Crippen molar-refractivity contribution in [2.45, 2.75) is 83.9 Å². The van der Waals surface area contributed by atoms with Gasteiger partial charge in [0.1, 0.15) is 5.60 Å². The van der Waals surface area contributed by atoms with Crippen molar-refractivity contribution in [1.29, 1.82) is 0 Å². The number of hydrogen-bond donors (Lipinski definition) is 2. The van der Waals surface area contributed by atoms with E-state index in [4.69, 9.17) is 15.2 Å². The monoisotopic (exact) mass is 385 g/mol. The Labute approximate surface area is 162 Å². The number of unbranched alkanes of at least 4 members (excludes halogenated alkanes) is 1. The van der Waals surface area contributed by atoms with Crippen LogP contribution in [0.15, 0.2) is 0 Å². The first kappa shape index (κ1) is 23.2. The minimum atomic E-state index is -0.721. The number of carbonyl (C=O) groups excluding carboxylic acids is 3. The van der Waals surface area contributed by atoms with E-state index in [1.54, 1.807) is 25.7 Å². The van der Waals surface area contributed by atoms with Crippen molar-refractivity contribution in [3.63, 3.8) is 0 Å². The molecule has 0 aromatic rings. The lowest BCUT2D eigenvalue weighted by Crippen LogP contribution is -2.51. The van der Waals surface area contributed by atoms with Crippen molar-refractivity contribution in [3.8, 4) is 0 Å². The zero-order valence-electron chi connectivity index (χ0n) is 17.1. The Bertz CT molecular complexity index is 496. The molecule has 1 rings (SSSR count). The Morgan fingerprint density at radius 1 is 1.22 bits per heavy atom. The van der Waals surface area contributed by atoms with Gasteiger partial charge in [0.25, 0.3) is 0 Å². The molecule has 156 valence electrons. The summed E-state index contributed by atoms with van der Waals surface area (Å²) < 4.78 is 10.3. The van der Waals surface area contributed by atoms with Gasteiger partial charge in [0.05, 0.1) is 12.6 Å². The molecule has 2 amide bonds. The molecule has 1 fully saturated rings. The topological polar surface area (TPSA) is 111 Å². The normalized spacial score (nSPS) is 16.6. The van der Waals surface area contributed by atoms with E-state index < -0.39 is 17.7 Å². The van der Waals surface area contributed by atoms with Crippen molar-refractivity contribution in [2.75, 3.05) is 19.7 Å². The molecular formula is C19H35N3O5. The molecule has 1 saturated heterocycles. The molecule has 0 saturated carbocycles. The smallest absolute Gasteiger partial charge is 0.407 e. The lowest BCUT2D eigenvalue weighted by Gasteiger charge is -2.33. The molecule has 1 aliphatic rings. The molecule has 8 heteroatoms. The summed E-state index contributed by atoms with van der Waals surface area (Å²) in [5, 5.41) is 2.84. The first-order valence-corrected chi connectivity index (χ1v) is 9.82. The highest BCUT2D eigenvalue weighted by Gasteiger charge is 2.28. The van der Waals surface area contributed by atoms with Crippen molar-refractivity contribution in [3.05, 3.63) is 0 Å². The van der Waals surface area contributed by atoms with Crippen LogP contribution in [0.3, 0.4) is 0 Å². The zero-order valence-corrected chi connectivity index (χ0v) is 17.1. The lowest BCUT2D eigenvalue weighted by molar-refractivity contribution is -0.155. The third-order valence-corrected chi connectivity index (χ3v) is 4.26. The second-order valence-corrected chi connectivity index (χ2v) is 7.96. The van der Waals surface area contributed by atoms with Gasteiger partial charge in [-0.3, -0.25) is 9.59 Å². The lowest BCUT2D eigenvalue weighted by atomic mass is 10.0. The maximum absolute atomic E-state index is 12.4. The average Bonchev–Trinajstić information content (AvgIpc) is 2.58. The van der Waals surface area contributed by atoms with Crippen molar-refractivity contribution in [1.82, 2.24) is 10.2 Å². The Morgan fingerprint density at radius 2 is 1.85 bits per heavy atom. The fourth-order valence-electron chi connectivity index (χ4n) is 2.79. The largest absolute Gasteiger partial charge is 0.460 e. The Hall–Kier alpha value is -1.83.